The predicted octanol–water partition coefficient (Wildman–Crippen LogP) is 2.76. The highest BCUT2D eigenvalue weighted by Crippen LogP contribution is 2.32. The lowest BCUT2D eigenvalue weighted by molar-refractivity contribution is 0.174. The molecule has 0 saturated carbocycles. The Hall–Kier alpha value is -2.47. The van der Waals surface area contributed by atoms with Crippen LogP contribution < -0.4 is 20.1 Å². The second-order valence-corrected chi connectivity index (χ2v) is 5.94. The maximum Gasteiger partial charge on any atom is 0.231 e. The fourth-order valence-corrected chi connectivity index (χ4v) is 2.55. The van der Waals surface area contributed by atoms with Crippen molar-refractivity contribution < 1.29 is 9.47 Å². The summed E-state index contributed by atoms with van der Waals surface area (Å²) < 4.78 is 10.7. The zero-order chi connectivity index (χ0) is 17.5. The molecule has 3 rings (SSSR count). The van der Waals surface area contributed by atoms with E-state index in [2.05, 4.69) is 26.7 Å². The molecule has 0 aliphatic carbocycles. The van der Waals surface area contributed by atoms with E-state index in [-0.39, 0.29) is 0 Å². The molecule has 2 aromatic rings. The molecule has 0 saturated heterocycles. The molecule has 0 amide bonds. The van der Waals surface area contributed by atoms with E-state index < -0.39 is 0 Å². The number of halogens is 1. The van der Waals surface area contributed by atoms with Crippen LogP contribution in [-0.2, 0) is 13.0 Å². The number of hydrogen-bond donors (Lipinski definition) is 2. The molecule has 0 unspecified atom stereocenters. The van der Waals surface area contributed by atoms with Gasteiger partial charge in [0, 0.05) is 19.3 Å². The zero-order valence-corrected chi connectivity index (χ0v) is 14.8. The molecule has 0 bridgehead atoms. The summed E-state index contributed by atoms with van der Waals surface area (Å²) in [5.74, 6) is 2.40. The number of aromatic nitrogens is 1. The van der Waals surface area contributed by atoms with Gasteiger partial charge in [-0.3, -0.25) is 0 Å². The number of hydrogen-bond acceptors (Lipinski definition) is 4. The number of fused-ring (bicyclic) bond motifs is 1. The fraction of sp³-hybridized carbons (Fsp3) is 0.333. The second-order valence-electron chi connectivity index (χ2n) is 5.55. The van der Waals surface area contributed by atoms with Gasteiger partial charge in [0.05, 0.1) is 6.54 Å². The number of rotatable bonds is 6. The minimum atomic E-state index is 0.299. The van der Waals surface area contributed by atoms with Crippen molar-refractivity contribution in [3.05, 3.63) is 52.8 Å². The molecule has 25 heavy (non-hydrogen) atoms. The summed E-state index contributed by atoms with van der Waals surface area (Å²) in [5, 5.41) is 7.07. The number of nitrogens with zero attached hydrogens (tertiary/aromatic N) is 2. The van der Waals surface area contributed by atoms with Gasteiger partial charge in [0.15, 0.2) is 17.5 Å². The summed E-state index contributed by atoms with van der Waals surface area (Å²) in [5.41, 5.74) is 2.20. The van der Waals surface area contributed by atoms with Crippen LogP contribution in [0.2, 0.25) is 5.15 Å². The molecular weight excluding hydrogens is 340 g/mol. The number of ether oxygens (including phenoxy) is 2. The molecule has 2 heterocycles. The van der Waals surface area contributed by atoms with Crippen molar-refractivity contribution in [3.8, 4) is 11.5 Å². The highest BCUT2D eigenvalue weighted by molar-refractivity contribution is 6.29. The Balaban J connectivity index is 1.52. The molecule has 0 fully saturated rings. The largest absolute Gasteiger partial charge is 0.454 e. The van der Waals surface area contributed by atoms with Gasteiger partial charge in [0.25, 0.3) is 0 Å². The summed E-state index contributed by atoms with van der Waals surface area (Å²) in [6.45, 7) is 4.45. The summed E-state index contributed by atoms with van der Waals surface area (Å²) >= 11 is 5.80. The third kappa shape index (κ3) is 5.00. The highest BCUT2D eigenvalue weighted by Gasteiger charge is 2.12. The molecule has 2 N–H and O–H groups in total. The maximum atomic E-state index is 5.80. The minimum Gasteiger partial charge on any atom is -0.454 e. The van der Waals surface area contributed by atoms with Crippen LogP contribution in [0.5, 0.6) is 11.5 Å². The molecule has 1 aromatic carbocycles. The van der Waals surface area contributed by atoms with Crippen molar-refractivity contribution >= 4 is 17.6 Å². The van der Waals surface area contributed by atoms with Crippen LogP contribution in [0.3, 0.4) is 0 Å². The van der Waals surface area contributed by atoms with Gasteiger partial charge < -0.3 is 20.1 Å². The molecule has 0 radical (unpaired) electrons. The Bertz CT molecular complexity index is 734. The monoisotopic (exact) mass is 360 g/mol. The van der Waals surface area contributed by atoms with Crippen molar-refractivity contribution in [2.24, 2.45) is 4.99 Å². The van der Waals surface area contributed by atoms with Gasteiger partial charge in [0.2, 0.25) is 6.79 Å². The highest BCUT2D eigenvalue weighted by atomic mass is 35.5. The summed E-state index contributed by atoms with van der Waals surface area (Å²) in [7, 11) is 0. The first-order valence-corrected chi connectivity index (χ1v) is 8.63. The van der Waals surface area contributed by atoms with Crippen LogP contribution in [0.15, 0.2) is 41.5 Å². The lowest BCUT2D eigenvalue weighted by Gasteiger charge is -2.11. The van der Waals surface area contributed by atoms with Crippen LogP contribution in [0, 0.1) is 0 Å². The summed E-state index contributed by atoms with van der Waals surface area (Å²) in [6, 6.07) is 9.72. The normalized spacial score (nSPS) is 13.0. The van der Waals surface area contributed by atoms with Crippen LogP contribution >= 0.6 is 11.6 Å². The molecule has 1 aliphatic rings. The number of pyridine rings is 1. The number of benzene rings is 1. The second kappa shape index (κ2) is 8.58. The van der Waals surface area contributed by atoms with Gasteiger partial charge in [-0.25, -0.2) is 9.98 Å². The van der Waals surface area contributed by atoms with Crippen LogP contribution in [0.1, 0.15) is 18.1 Å². The lowest BCUT2D eigenvalue weighted by atomic mass is 10.1. The first-order valence-electron chi connectivity index (χ1n) is 8.25. The third-order valence-corrected chi connectivity index (χ3v) is 3.92. The maximum absolute atomic E-state index is 5.80. The van der Waals surface area contributed by atoms with E-state index in [1.165, 1.54) is 5.56 Å². The predicted molar refractivity (Wildman–Crippen MR) is 98.3 cm³/mol. The van der Waals surface area contributed by atoms with Gasteiger partial charge in [-0.2, -0.15) is 0 Å². The molecule has 7 heteroatoms. The van der Waals surface area contributed by atoms with Gasteiger partial charge >= 0.3 is 0 Å². The van der Waals surface area contributed by atoms with E-state index in [0.29, 0.717) is 18.5 Å². The average molecular weight is 361 g/mol. The van der Waals surface area contributed by atoms with Gasteiger partial charge in [-0.15, -0.1) is 0 Å². The SMILES string of the molecule is CCNC(=NCc1ccc(Cl)nc1)NCCc1ccc2c(c1)OCO2. The van der Waals surface area contributed by atoms with E-state index >= 15 is 0 Å². The molecule has 1 aromatic heterocycles. The first-order chi connectivity index (χ1) is 12.2. The van der Waals surface area contributed by atoms with Crippen molar-refractivity contribution in [2.75, 3.05) is 19.9 Å². The minimum absolute atomic E-state index is 0.299. The summed E-state index contributed by atoms with van der Waals surface area (Å²) in [4.78, 5) is 8.64. The van der Waals surface area contributed by atoms with Gasteiger partial charge in [0.1, 0.15) is 5.15 Å². The lowest BCUT2D eigenvalue weighted by Crippen LogP contribution is -2.38. The van der Waals surface area contributed by atoms with Gasteiger partial charge in [-0.05, 0) is 42.7 Å². The molecule has 1 aliphatic heterocycles. The summed E-state index contributed by atoms with van der Waals surface area (Å²) in [6.07, 6.45) is 2.60. The van der Waals surface area contributed by atoms with Crippen molar-refractivity contribution in [1.82, 2.24) is 15.6 Å². The van der Waals surface area contributed by atoms with E-state index in [0.717, 1.165) is 42.5 Å². The van der Waals surface area contributed by atoms with Crippen molar-refractivity contribution in [2.45, 2.75) is 19.9 Å². The van der Waals surface area contributed by atoms with Crippen LogP contribution in [0.4, 0.5) is 0 Å². The Labute approximate surface area is 152 Å². The first kappa shape index (κ1) is 17.4. The Morgan fingerprint density at radius 2 is 2.00 bits per heavy atom. The molecule has 0 atom stereocenters. The van der Waals surface area contributed by atoms with Gasteiger partial charge in [-0.1, -0.05) is 23.7 Å². The Kier molecular flexibility index (Phi) is 5.95. The van der Waals surface area contributed by atoms with E-state index in [9.17, 15) is 0 Å². The van der Waals surface area contributed by atoms with Crippen molar-refractivity contribution in [3.63, 3.8) is 0 Å². The molecular formula is C18H21ClN4O2. The van der Waals surface area contributed by atoms with Crippen LogP contribution in [-0.4, -0.2) is 30.8 Å². The third-order valence-electron chi connectivity index (χ3n) is 3.70. The fourth-order valence-electron chi connectivity index (χ4n) is 2.43. The topological polar surface area (TPSA) is 67.8 Å². The Morgan fingerprint density at radius 3 is 2.80 bits per heavy atom. The molecule has 6 nitrogen and oxygen atoms in total. The Morgan fingerprint density at radius 1 is 1.16 bits per heavy atom. The molecule has 132 valence electrons. The average Bonchev–Trinajstić information content (AvgIpc) is 3.09. The molecule has 0 spiro atoms. The number of aliphatic imine (C=N–C) groups is 1. The zero-order valence-electron chi connectivity index (χ0n) is 14.1. The number of nitrogens with one attached hydrogen (secondary N) is 2. The smallest absolute Gasteiger partial charge is 0.231 e. The van der Waals surface area contributed by atoms with E-state index in [4.69, 9.17) is 21.1 Å². The standard InChI is InChI=1S/C18H21ClN4O2/c1-2-20-18(23-11-14-4-6-17(19)22-10-14)21-8-7-13-3-5-15-16(9-13)25-12-24-15/h3-6,9-10H,2,7-8,11-12H2,1H3,(H2,20,21,23). The van der Waals surface area contributed by atoms with Crippen molar-refractivity contribution in [1.29, 1.82) is 0 Å². The van der Waals surface area contributed by atoms with E-state index in [1.807, 2.05) is 25.1 Å². The van der Waals surface area contributed by atoms with E-state index in [1.54, 1.807) is 12.3 Å². The number of guanidine groups is 1. The van der Waals surface area contributed by atoms with Crippen LogP contribution in [0.25, 0.3) is 0 Å². The quantitative estimate of drug-likeness (QED) is 0.471.